The molecule has 1 unspecified atom stereocenters. The number of rotatable bonds is 8. The van der Waals surface area contributed by atoms with Crippen LogP contribution < -0.4 is 10.2 Å². The number of benzene rings is 2. The number of piperazine rings is 1. The third kappa shape index (κ3) is 4.21. The van der Waals surface area contributed by atoms with Crippen molar-refractivity contribution in [3.63, 3.8) is 0 Å². The first-order chi connectivity index (χ1) is 14.6. The van der Waals surface area contributed by atoms with Crippen LogP contribution in [-0.4, -0.2) is 43.5 Å². The molecular weight excluding hydrogens is 394 g/mol. The van der Waals surface area contributed by atoms with Gasteiger partial charge in [0.2, 0.25) is 5.91 Å². The second-order valence-corrected chi connectivity index (χ2v) is 8.93. The van der Waals surface area contributed by atoms with Gasteiger partial charge >= 0.3 is 0 Å². The van der Waals surface area contributed by atoms with Gasteiger partial charge < -0.3 is 10.2 Å². The van der Waals surface area contributed by atoms with E-state index in [1.165, 1.54) is 18.4 Å². The Morgan fingerprint density at radius 3 is 2.47 bits per heavy atom. The minimum atomic E-state index is -0.336. The molecule has 2 heterocycles. The van der Waals surface area contributed by atoms with Crippen molar-refractivity contribution in [2.24, 2.45) is 0 Å². The number of nitrogens with one attached hydrogen (secondary N) is 1. The van der Waals surface area contributed by atoms with Gasteiger partial charge in [-0.1, -0.05) is 61.7 Å². The average molecular weight is 426 g/mol. The Bertz CT molecular complexity index is 878. The van der Waals surface area contributed by atoms with E-state index in [2.05, 4.69) is 40.2 Å². The van der Waals surface area contributed by atoms with Crippen LogP contribution in [0.15, 0.2) is 48.5 Å². The summed E-state index contributed by atoms with van der Waals surface area (Å²) in [6.45, 7) is 7.50. The Labute approximate surface area is 185 Å². The number of halogens is 1. The predicted octanol–water partition coefficient (Wildman–Crippen LogP) is 5.32. The summed E-state index contributed by atoms with van der Waals surface area (Å²) in [4.78, 5) is 17.7. The van der Waals surface area contributed by atoms with Gasteiger partial charge in [0.05, 0.1) is 16.1 Å². The molecule has 1 N–H and O–H groups in total. The first kappa shape index (κ1) is 21.2. The minimum absolute atomic E-state index is 0.182. The van der Waals surface area contributed by atoms with E-state index in [1.54, 1.807) is 0 Å². The van der Waals surface area contributed by atoms with E-state index in [9.17, 15) is 4.79 Å². The van der Waals surface area contributed by atoms with Crippen LogP contribution in [0.2, 0.25) is 5.02 Å². The molecular formula is C25H32ClN3O. The van der Waals surface area contributed by atoms with Crippen molar-refractivity contribution in [3.05, 3.63) is 59.1 Å². The molecule has 0 saturated carbocycles. The first-order valence-corrected chi connectivity index (χ1v) is 11.6. The van der Waals surface area contributed by atoms with E-state index in [0.29, 0.717) is 0 Å². The molecule has 1 amide bonds. The second kappa shape index (κ2) is 9.40. The Hall–Kier alpha value is -2.04. The molecule has 1 saturated heterocycles. The van der Waals surface area contributed by atoms with Crippen LogP contribution in [0, 0.1) is 0 Å². The van der Waals surface area contributed by atoms with E-state index in [4.69, 9.17) is 11.6 Å². The molecule has 4 rings (SSSR count). The zero-order chi connectivity index (χ0) is 21.0. The van der Waals surface area contributed by atoms with Crippen LogP contribution in [0.25, 0.3) is 0 Å². The number of carbonyl (C=O) groups excluding carboxylic acids is 1. The molecule has 4 nitrogen and oxygen atoms in total. The van der Waals surface area contributed by atoms with E-state index >= 15 is 0 Å². The number of unbranched alkanes of at least 4 members (excludes halogenated alkanes) is 2. The summed E-state index contributed by atoms with van der Waals surface area (Å²) in [6.07, 6.45) is 5.25. The molecule has 2 aromatic rings. The zero-order valence-electron chi connectivity index (χ0n) is 17.9. The highest BCUT2D eigenvalue weighted by Crippen LogP contribution is 2.43. The maximum Gasteiger partial charge on any atom is 0.235 e. The summed E-state index contributed by atoms with van der Waals surface area (Å²) in [5.41, 5.74) is 3.00. The van der Waals surface area contributed by atoms with Gasteiger partial charge in [-0.2, -0.15) is 0 Å². The predicted molar refractivity (Wildman–Crippen MR) is 126 cm³/mol. The number of para-hydroxylation sites is 2. The summed E-state index contributed by atoms with van der Waals surface area (Å²) in [7, 11) is 0. The standard InChI is InChI=1S/C25H32ClN3O/c1-2-25(20-10-4-6-12-22(20)27-24(25)30)14-8-3-9-15-28-16-18-29(19-17-28)23-13-7-5-11-21(23)26/h4-7,10-13H,2-3,8-9,14-19H2,1H3,(H,27,30). The highest BCUT2D eigenvalue weighted by molar-refractivity contribution is 6.33. The zero-order valence-corrected chi connectivity index (χ0v) is 18.6. The van der Waals surface area contributed by atoms with Gasteiger partial charge in [0.25, 0.3) is 0 Å². The SMILES string of the molecule is CCC1(CCCCCN2CCN(c3ccccc3Cl)CC2)C(=O)Nc2ccccc21. The number of hydrogen-bond acceptors (Lipinski definition) is 3. The molecule has 0 radical (unpaired) electrons. The fraction of sp³-hybridized carbons (Fsp3) is 0.480. The molecule has 0 aliphatic carbocycles. The average Bonchev–Trinajstić information content (AvgIpc) is 3.06. The molecule has 0 bridgehead atoms. The van der Waals surface area contributed by atoms with Gasteiger partial charge in [-0.05, 0) is 49.6 Å². The fourth-order valence-corrected chi connectivity index (χ4v) is 5.26. The van der Waals surface area contributed by atoms with Gasteiger partial charge in [-0.25, -0.2) is 0 Å². The van der Waals surface area contributed by atoms with E-state index < -0.39 is 0 Å². The molecule has 1 fully saturated rings. The molecule has 5 heteroatoms. The number of carbonyl (C=O) groups is 1. The molecule has 160 valence electrons. The minimum Gasteiger partial charge on any atom is -0.368 e. The lowest BCUT2D eigenvalue weighted by atomic mass is 9.75. The summed E-state index contributed by atoms with van der Waals surface area (Å²) in [5, 5.41) is 3.93. The number of nitrogens with zero attached hydrogens (tertiary/aromatic N) is 2. The maximum absolute atomic E-state index is 12.7. The van der Waals surface area contributed by atoms with Gasteiger partial charge in [0.15, 0.2) is 0 Å². The van der Waals surface area contributed by atoms with E-state index in [0.717, 1.165) is 68.4 Å². The van der Waals surface area contributed by atoms with Crippen LogP contribution in [0.5, 0.6) is 0 Å². The monoisotopic (exact) mass is 425 g/mol. The highest BCUT2D eigenvalue weighted by Gasteiger charge is 2.44. The Balaban J connectivity index is 1.21. The van der Waals surface area contributed by atoms with Crippen molar-refractivity contribution in [3.8, 4) is 0 Å². The van der Waals surface area contributed by atoms with Gasteiger partial charge in [0.1, 0.15) is 0 Å². The van der Waals surface area contributed by atoms with E-state index in [1.807, 2.05) is 30.3 Å². The second-order valence-electron chi connectivity index (χ2n) is 8.53. The summed E-state index contributed by atoms with van der Waals surface area (Å²) in [6, 6.07) is 16.3. The van der Waals surface area contributed by atoms with Crippen molar-refractivity contribution in [1.82, 2.24) is 4.90 Å². The lowest BCUT2D eigenvalue weighted by Crippen LogP contribution is -2.46. The lowest BCUT2D eigenvalue weighted by molar-refractivity contribution is -0.121. The van der Waals surface area contributed by atoms with Crippen molar-refractivity contribution >= 4 is 28.9 Å². The molecule has 2 aliphatic rings. The highest BCUT2D eigenvalue weighted by atomic mass is 35.5. The third-order valence-electron chi connectivity index (χ3n) is 6.87. The number of anilines is 2. The summed E-state index contributed by atoms with van der Waals surface area (Å²) >= 11 is 6.35. The molecule has 0 spiro atoms. The van der Waals surface area contributed by atoms with Crippen LogP contribution in [0.1, 0.15) is 44.6 Å². The Morgan fingerprint density at radius 1 is 0.967 bits per heavy atom. The van der Waals surface area contributed by atoms with Crippen LogP contribution >= 0.6 is 11.6 Å². The smallest absolute Gasteiger partial charge is 0.235 e. The maximum atomic E-state index is 12.7. The van der Waals surface area contributed by atoms with Crippen LogP contribution in [0.3, 0.4) is 0 Å². The lowest BCUT2D eigenvalue weighted by Gasteiger charge is -2.36. The quantitative estimate of drug-likeness (QED) is 0.581. The van der Waals surface area contributed by atoms with Crippen molar-refractivity contribution in [1.29, 1.82) is 0 Å². The molecule has 30 heavy (non-hydrogen) atoms. The Morgan fingerprint density at radius 2 is 1.70 bits per heavy atom. The van der Waals surface area contributed by atoms with Crippen molar-refractivity contribution in [2.45, 2.75) is 44.4 Å². The van der Waals surface area contributed by atoms with Gasteiger partial charge in [-0.3, -0.25) is 9.69 Å². The molecule has 1 atom stereocenters. The molecule has 2 aliphatic heterocycles. The summed E-state index contributed by atoms with van der Waals surface area (Å²) in [5.74, 6) is 0.182. The Kier molecular flexibility index (Phi) is 6.64. The fourth-order valence-electron chi connectivity index (χ4n) is 5.01. The molecule has 2 aromatic carbocycles. The van der Waals surface area contributed by atoms with Crippen molar-refractivity contribution in [2.75, 3.05) is 42.9 Å². The van der Waals surface area contributed by atoms with Crippen molar-refractivity contribution < 1.29 is 4.79 Å². The van der Waals surface area contributed by atoms with Crippen LogP contribution in [0.4, 0.5) is 11.4 Å². The topological polar surface area (TPSA) is 35.6 Å². The largest absolute Gasteiger partial charge is 0.368 e. The number of fused-ring (bicyclic) bond motifs is 1. The third-order valence-corrected chi connectivity index (χ3v) is 7.19. The van der Waals surface area contributed by atoms with E-state index in [-0.39, 0.29) is 11.3 Å². The van der Waals surface area contributed by atoms with Gasteiger partial charge in [0, 0.05) is 31.9 Å². The number of amides is 1. The molecule has 0 aromatic heterocycles. The number of hydrogen-bond donors (Lipinski definition) is 1. The summed E-state index contributed by atoms with van der Waals surface area (Å²) < 4.78 is 0. The van der Waals surface area contributed by atoms with Crippen LogP contribution in [-0.2, 0) is 10.2 Å². The first-order valence-electron chi connectivity index (χ1n) is 11.3. The van der Waals surface area contributed by atoms with Gasteiger partial charge in [-0.15, -0.1) is 0 Å². The normalized spacial score (nSPS) is 21.5.